The van der Waals surface area contributed by atoms with Gasteiger partial charge in [-0.3, -0.25) is 14.4 Å². The first-order valence-corrected chi connectivity index (χ1v) is 6.47. The highest BCUT2D eigenvalue weighted by Gasteiger charge is 2.03. The SMILES string of the molecule is CCCC(=O)NCCOCCOCC(=O)NCC(=O)O. The molecule has 0 aromatic carbocycles. The second-order valence-corrected chi connectivity index (χ2v) is 3.94. The standard InChI is InChI=1S/C12H22N2O6/c1-2-3-10(15)13-4-5-19-6-7-20-9-11(16)14-8-12(17)18/h2-9H2,1H3,(H,13,15)(H,14,16)(H,17,18). The molecule has 8 heteroatoms. The monoisotopic (exact) mass is 290 g/mol. The Balaban J connectivity index is 3.26. The third kappa shape index (κ3) is 12.8. The Labute approximate surface area is 117 Å². The Hall–Kier alpha value is -1.67. The van der Waals surface area contributed by atoms with Crippen LogP contribution in [0.15, 0.2) is 0 Å². The summed E-state index contributed by atoms with van der Waals surface area (Å²) in [4.78, 5) is 32.3. The third-order valence-corrected chi connectivity index (χ3v) is 2.09. The van der Waals surface area contributed by atoms with Crippen LogP contribution in [0.3, 0.4) is 0 Å². The molecule has 0 aromatic rings. The lowest BCUT2D eigenvalue weighted by Gasteiger charge is -2.07. The number of carbonyl (C=O) groups is 3. The number of hydrogen-bond acceptors (Lipinski definition) is 5. The summed E-state index contributed by atoms with van der Waals surface area (Å²) >= 11 is 0. The Morgan fingerprint density at radius 2 is 1.70 bits per heavy atom. The Morgan fingerprint density at radius 1 is 1.00 bits per heavy atom. The number of rotatable bonds is 12. The van der Waals surface area contributed by atoms with Gasteiger partial charge in [0.05, 0.1) is 19.8 Å². The molecule has 0 saturated carbocycles. The van der Waals surface area contributed by atoms with Gasteiger partial charge in [-0.2, -0.15) is 0 Å². The van der Waals surface area contributed by atoms with E-state index in [1.165, 1.54) is 0 Å². The summed E-state index contributed by atoms with van der Waals surface area (Å²) in [5, 5.41) is 13.2. The molecule has 0 aliphatic heterocycles. The van der Waals surface area contributed by atoms with Crippen LogP contribution in [0.25, 0.3) is 0 Å². The van der Waals surface area contributed by atoms with Gasteiger partial charge in [-0.1, -0.05) is 6.92 Å². The Bertz CT molecular complexity index is 308. The van der Waals surface area contributed by atoms with Gasteiger partial charge >= 0.3 is 5.97 Å². The number of carbonyl (C=O) groups excluding carboxylic acids is 2. The fourth-order valence-corrected chi connectivity index (χ4v) is 1.19. The highest BCUT2D eigenvalue weighted by Crippen LogP contribution is 1.85. The molecule has 0 saturated heterocycles. The molecular formula is C12H22N2O6. The summed E-state index contributed by atoms with van der Waals surface area (Å²) in [7, 11) is 0. The molecule has 0 aliphatic carbocycles. The molecule has 0 spiro atoms. The van der Waals surface area contributed by atoms with Gasteiger partial charge < -0.3 is 25.2 Å². The second kappa shape index (κ2) is 12.4. The molecule has 20 heavy (non-hydrogen) atoms. The van der Waals surface area contributed by atoms with Crippen molar-refractivity contribution in [2.24, 2.45) is 0 Å². The first-order valence-electron chi connectivity index (χ1n) is 6.47. The van der Waals surface area contributed by atoms with Crippen molar-refractivity contribution in [1.82, 2.24) is 10.6 Å². The van der Waals surface area contributed by atoms with Crippen LogP contribution in [-0.2, 0) is 23.9 Å². The van der Waals surface area contributed by atoms with E-state index < -0.39 is 18.4 Å². The summed E-state index contributed by atoms with van der Waals surface area (Å²) in [6.07, 6.45) is 1.32. The van der Waals surface area contributed by atoms with Gasteiger partial charge in [0.2, 0.25) is 11.8 Å². The zero-order chi connectivity index (χ0) is 15.2. The third-order valence-electron chi connectivity index (χ3n) is 2.09. The Morgan fingerprint density at radius 3 is 2.35 bits per heavy atom. The molecule has 3 N–H and O–H groups in total. The van der Waals surface area contributed by atoms with Crippen LogP contribution in [0.5, 0.6) is 0 Å². The highest BCUT2D eigenvalue weighted by molar-refractivity contribution is 5.81. The predicted octanol–water partition coefficient (Wildman–Crippen LogP) is -0.863. The van der Waals surface area contributed by atoms with E-state index >= 15 is 0 Å². The number of carboxylic acids is 1. The molecular weight excluding hydrogens is 268 g/mol. The Kier molecular flexibility index (Phi) is 11.3. The number of hydrogen-bond donors (Lipinski definition) is 3. The molecule has 116 valence electrons. The minimum absolute atomic E-state index is 0.00227. The van der Waals surface area contributed by atoms with Gasteiger partial charge in [-0.15, -0.1) is 0 Å². The van der Waals surface area contributed by atoms with E-state index in [-0.39, 0.29) is 19.1 Å². The maximum Gasteiger partial charge on any atom is 0.322 e. The fraction of sp³-hybridized carbons (Fsp3) is 0.750. The fourth-order valence-electron chi connectivity index (χ4n) is 1.19. The van der Waals surface area contributed by atoms with Gasteiger partial charge in [0, 0.05) is 13.0 Å². The minimum Gasteiger partial charge on any atom is -0.480 e. The smallest absolute Gasteiger partial charge is 0.322 e. The maximum absolute atomic E-state index is 11.1. The summed E-state index contributed by atoms with van der Waals surface area (Å²) < 4.78 is 10.2. The molecule has 0 aromatic heterocycles. The molecule has 0 radical (unpaired) electrons. The van der Waals surface area contributed by atoms with E-state index in [2.05, 4.69) is 10.6 Å². The first kappa shape index (κ1) is 18.3. The molecule has 0 rings (SSSR count). The van der Waals surface area contributed by atoms with Crippen molar-refractivity contribution in [2.45, 2.75) is 19.8 Å². The number of nitrogens with one attached hydrogen (secondary N) is 2. The van der Waals surface area contributed by atoms with Crippen LogP contribution in [0.1, 0.15) is 19.8 Å². The minimum atomic E-state index is -1.10. The number of carboxylic acid groups (broad SMARTS) is 1. The molecule has 0 atom stereocenters. The van der Waals surface area contributed by atoms with Crippen molar-refractivity contribution in [2.75, 3.05) is 39.5 Å². The van der Waals surface area contributed by atoms with E-state index in [0.717, 1.165) is 6.42 Å². The molecule has 8 nitrogen and oxygen atoms in total. The zero-order valence-corrected chi connectivity index (χ0v) is 11.6. The molecule has 0 unspecified atom stereocenters. The van der Waals surface area contributed by atoms with Gasteiger partial charge in [-0.05, 0) is 6.42 Å². The van der Waals surface area contributed by atoms with Crippen molar-refractivity contribution >= 4 is 17.8 Å². The van der Waals surface area contributed by atoms with E-state index in [0.29, 0.717) is 26.2 Å². The molecule has 0 heterocycles. The van der Waals surface area contributed by atoms with Crippen molar-refractivity contribution in [3.63, 3.8) is 0 Å². The topological polar surface area (TPSA) is 114 Å². The molecule has 0 bridgehead atoms. The normalized spacial score (nSPS) is 10.1. The van der Waals surface area contributed by atoms with Crippen LogP contribution in [0.4, 0.5) is 0 Å². The lowest BCUT2D eigenvalue weighted by atomic mass is 10.3. The van der Waals surface area contributed by atoms with Crippen LogP contribution in [0.2, 0.25) is 0 Å². The van der Waals surface area contributed by atoms with E-state index in [9.17, 15) is 14.4 Å². The molecule has 2 amide bonds. The summed E-state index contributed by atoms with van der Waals surface area (Å²) in [5.74, 6) is -1.59. The van der Waals surface area contributed by atoms with Gasteiger partial charge in [0.25, 0.3) is 0 Å². The lowest BCUT2D eigenvalue weighted by molar-refractivity contribution is -0.138. The summed E-state index contributed by atoms with van der Waals surface area (Å²) in [5.41, 5.74) is 0. The van der Waals surface area contributed by atoms with Crippen LogP contribution < -0.4 is 10.6 Å². The van der Waals surface area contributed by atoms with Gasteiger partial charge in [0.15, 0.2) is 0 Å². The highest BCUT2D eigenvalue weighted by atomic mass is 16.5. The van der Waals surface area contributed by atoms with Crippen LogP contribution in [0, 0.1) is 0 Å². The molecule has 0 aliphatic rings. The van der Waals surface area contributed by atoms with Gasteiger partial charge in [-0.25, -0.2) is 0 Å². The number of amides is 2. The van der Waals surface area contributed by atoms with E-state index in [1.54, 1.807) is 0 Å². The van der Waals surface area contributed by atoms with Crippen molar-refractivity contribution in [3.05, 3.63) is 0 Å². The largest absolute Gasteiger partial charge is 0.480 e. The van der Waals surface area contributed by atoms with E-state index in [1.807, 2.05) is 6.92 Å². The molecule has 0 fully saturated rings. The van der Waals surface area contributed by atoms with Crippen molar-refractivity contribution < 1.29 is 29.0 Å². The maximum atomic E-state index is 11.1. The lowest BCUT2D eigenvalue weighted by Crippen LogP contribution is -2.32. The van der Waals surface area contributed by atoms with Crippen LogP contribution >= 0.6 is 0 Å². The second-order valence-electron chi connectivity index (χ2n) is 3.94. The van der Waals surface area contributed by atoms with Crippen molar-refractivity contribution in [3.8, 4) is 0 Å². The van der Waals surface area contributed by atoms with Crippen LogP contribution in [-0.4, -0.2) is 62.4 Å². The number of aliphatic carboxylic acids is 1. The first-order chi connectivity index (χ1) is 9.56. The average Bonchev–Trinajstić information content (AvgIpc) is 2.39. The average molecular weight is 290 g/mol. The number of ether oxygens (including phenoxy) is 2. The zero-order valence-electron chi connectivity index (χ0n) is 11.6. The summed E-state index contributed by atoms with van der Waals surface area (Å²) in [6.45, 7) is 2.65. The quantitative estimate of drug-likeness (QED) is 0.403. The van der Waals surface area contributed by atoms with Gasteiger partial charge in [0.1, 0.15) is 13.2 Å². The van der Waals surface area contributed by atoms with Crippen molar-refractivity contribution in [1.29, 1.82) is 0 Å². The van der Waals surface area contributed by atoms with E-state index in [4.69, 9.17) is 14.6 Å². The predicted molar refractivity (Wildman–Crippen MR) is 70.2 cm³/mol. The summed E-state index contributed by atoms with van der Waals surface area (Å²) in [6, 6.07) is 0.